The summed E-state index contributed by atoms with van der Waals surface area (Å²) in [5.74, 6) is -0.382. The highest BCUT2D eigenvalue weighted by Crippen LogP contribution is 2.17. The van der Waals surface area contributed by atoms with E-state index in [9.17, 15) is 14.4 Å². The van der Waals surface area contributed by atoms with Crippen LogP contribution in [0.4, 0.5) is 11.4 Å². The monoisotopic (exact) mass is 366 g/mol. The van der Waals surface area contributed by atoms with E-state index < -0.39 is 5.97 Å². The molecule has 0 heterocycles. The summed E-state index contributed by atoms with van der Waals surface area (Å²) in [5.41, 5.74) is 1.57. The standard InChI is InChI=1S/C21H22N2O4/c1-14(2)7-12-20(25)22-17-8-10-18(11-9-17)23-21(26)16-5-4-6-19(13-16)27-15(3)24/h4-14H,1-3H3,(H,22,25)(H,23,26)/b12-7+. The predicted molar refractivity (Wildman–Crippen MR) is 105 cm³/mol. The van der Waals surface area contributed by atoms with E-state index in [1.807, 2.05) is 19.9 Å². The number of carbonyl (C=O) groups is 3. The van der Waals surface area contributed by atoms with Gasteiger partial charge in [0.15, 0.2) is 0 Å². The van der Waals surface area contributed by atoms with Crippen LogP contribution in [0.3, 0.4) is 0 Å². The van der Waals surface area contributed by atoms with Gasteiger partial charge >= 0.3 is 5.97 Å². The number of carbonyl (C=O) groups excluding carboxylic acids is 3. The number of nitrogens with one attached hydrogen (secondary N) is 2. The number of anilines is 2. The first-order valence-electron chi connectivity index (χ1n) is 8.52. The Balaban J connectivity index is 1.99. The van der Waals surface area contributed by atoms with Crippen molar-refractivity contribution in [1.29, 1.82) is 0 Å². The number of allylic oxidation sites excluding steroid dienone is 1. The van der Waals surface area contributed by atoms with E-state index in [4.69, 9.17) is 4.74 Å². The van der Waals surface area contributed by atoms with E-state index in [-0.39, 0.29) is 11.8 Å². The zero-order valence-electron chi connectivity index (χ0n) is 15.5. The first kappa shape index (κ1) is 19.9. The smallest absolute Gasteiger partial charge is 0.308 e. The minimum Gasteiger partial charge on any atom is -0.427 e. The highest BCUT2D eigenvalue weighted by Gasteiger charge is 2.08. The molecule has 2 N–H and O–H groups in total. The first-order chi connectivity index (χ1) is 12.8. The molecule has 0 atom stereocenters. The number of ether oxygens (including phenoxy) is 1. The van der Waals surface area contributed by atoms with Gasteiger partial charge in [-0.05, 0) is 54.5 Å². The van der Waals surface area contributed by atoms with Crippen molar-refractivity contribution in [2.24, 2.45) is 5.92 Å². The fraction of sp³-hybridized carbons (Fsp3) is 0.190. The third-order valence-corrected chi connectivity index (χ3v) is 3.40. The molecule has 0 saturated heterocycles. The Bertz CT molecular complexity index is 855. The number of benzene rings is 2. The van der Waals surface area contributed by atoms with Crippen molar-refractivity contribution in [2.45, 2.75) is 20.8 Å². The Kier molecular flexibility index (Phi) is 6.88. The minimum absolute atomic E-state index is 0.206. The summed E-state index contributed by atoms with van der Waals surface area (Å²) in [6.45, 7) is 5.28. The molecule has 0 aromatic heterocycles. The molecule has 0 aliphatic heterocycles. The van der Waals surface area contributed by atoms with Crippen molar-refractivity contribution >= 4 is 29.2 Å². The lowest BCUT2D eigenvalue weighted by Crippen LogP contribution is -2.12. The van der Waals surface area contributed by atoms with Crippen molar-refractivity contribution in [1.82, 2.24) is 0 Å². The molecule has 0 spiro atoms. The normalized spacial score (nSPS) is 10.7. The van der Waals surface area contributed by atoms with Gasteiger partial charge in [-0.1, -0.05) is 26.0 Å². The van der Waals surface area contributed by atoms with Crippen LogP contribution in [0.25, 0.3) is 0 Å². The maximum Gasteiger partial charge on any atom is 0.308 e. The molecule has 2 aromatic carbocycles. The Morgan fingerprint density at radius 3 is 2.19 bits per heavy atom. The third kappa shape index (κ3) is 6.78. The molecule has 0 aliphatic rings. The second kappa shape index (κ2) is 9.33. The second-order valence-electron chi connectivity index (χ2n) is 6.25. The Hall–Kier alpha value is -3.41. The number of amides is 2. The fourth-order valence-electron chi connectivity index (χ4n) is 2.17. The lowest BCUT2D eigenvalue weighted by molar-refractivity contribution is -0.131. The molecule has 2 amide bonds. The quantitative estimate of drug-likeness (QED) is 0.459. The Labute approximate surface area is 158 Å². The molecule has 0 bridgehead atoms. The highest BCUT2D eigenvalue weighted by atomic mass is 16.5. The molecule has 0 unspecified atom stereocenters. The highest BCUT2D eigenvalue weighted by molar-refractivity contribution is 6.05. The molecule has 0 aliphatic carbocycles. The summed E-state index contributed by atoms with van der Waals surface area (Å²) in [6, 6.07) is 13.1. The van der Waals surface area contributed by atoms with Gasteiger partial charge in [-0.3, -0.25) is 14.4 Å². The van der Waals surface area contributed by atoms with E-state index >= 15 is 0 Å². The van der Waals surface area contributed by atoms with Gasteiger partial charge in [-0.15, -0.1) is 0 Å². The van der Waals surface area contributed by atoms with Crippen molar-refractivity contribution in [2.75, 3.05) is 10.6 Å². The zero-order valence-corrected chi connectivity index (χ0v) is 15.5. The Morgan fingerprint density at radius 2 is 1.59 bits per heavy atom. The summed E-state index contributed by atoms with van der Waals surface area (Å²) in [4.78, 5) is 35.1. The lowest BCUT2D eigenvalue weighted by atomic mass is 10.2. The van der Waals surface area contributed by atoms with Gasteiger partial charge in [0, 0.05) is 23.9 Å². The number of rotatable bonds is 6. The summed E-state index contributed by atoms with van der Waals surface area (Å²) in [6.07, 6.45) is 3.31. The first-order valence-corrected chi connectivity index (χ1v) is 8.52. The van der Waals surface area contributed by atoms with Crippen LogP contribution in [0.1, 0.15) is 31.1 Å². The van der Waals surface area contributed by atoms with Crippen LogP contribution in [0.2, 0.25) is 0 Å². The number of hydrogen-bond acceptors (Lipinski definition) is 4. The van der Waals surface area contributed by atoms with Gasteiger partial charge < -0.3 is 15.4 Å². The molecular formula is C21H22N2O4. The van der Waals surface area contributed by atoms with Crippen LogP contribution >= 0.6 is 0 Å². The maximum atomic E-state index is 12.3. The van der Waals surface area contributed by atoms with E-state index in [0.29, 0.717) is 28.6 Å². The minimum atomic E-state index is -0.451. The number of esters is 1. The fourth-order valence-corrected chi connectivity index (χ4v) is 2.17. The zero-order chi connectivity index (χ0) is 19.8. The van der Waals surface area contributed by atoms with Crippen molar-refractivity contribution in [3.05, 3.63) is 66.2 Å². The van der Waals surface area contributed by atoms with Crippen molar-refractivity contribution in [3.8, 4) is 5.75 Å². The summed E-state index contributed by atoms with van der Waals surface area (Å²) in [5, 5.41) is 5.50. The van der Waals surface area contributed by atoms with Crippen LogP contribution < -0.4 is 15.4 Å². The molecular weight excluding hydrogens is 344 g/mol. The topological polar surface area (TPSA) is 84.5 Å². The van der Waals surface area contributed by atoms with Gasteiger partial charge in [0.05, 0.1) is 0 Å². The molecule has 0 radical (unpaired) electrons. The second-order valence-corrected chi connectivity index (χ2v) is 6.25. The molecule has 0 saturated carbocycles. The van der Waals surface area contributed by atoms with Gasteiger partial charge in [0.2, 0.25) is 5.91 Å². The Morgan fingerprint density at radius 1 is 0.963 bits per heavy atom. The van der Waals surface area contributed by atoms with Crippen LogP contribution in [0, 0.1) is 5.92 Å². The third-order valence-electron chi connectivity index (χ3n) is 3.40. The molecule has 2 aromatic rings. The summed E-state index contributed by atoms with van der Waals surface area (Å²) >= 11 is 0. The van der Waals surface area contributed by atoms with Crippen LogP contribution in [0.15, 0.2) is 60.7 Å². The molecule has 140 valence electrons. The molecule has 0 fully saturated rings. The van der Waals surface area contributed by atoms with Crippen LogP contribution in [0.5, 0.6) is 5.75 Å². The van der Waals surface area contributed by atoms with Gasteiger partial charge in [0.1, 0.15) is 5.75 Å². The van der Waals surface area contributed by atoms with E-state index in [1.165, 1.54) is 19.1 Å². The van der Waals surface area contributed by atoms with E-state index in [1.54, 1.807) is 42.5 Å². The average Bonchev–Trinajstić information content (AvgIpc) is 2.61. The van der Waals surface area contributed by atoms with Crippen LogP contribution in [-0.4, -0.2) is 17.8 Å². The van der Waals surface area contributed by atoms with Crippen LogP contribution in [-0.2, 0) is 9.59 Å². The molecule has 6 heteroatoms. The molecule has 6 nitrogen and oxygen atoms in total. The summed E-state index contributed by atoms with van der Waals surface area (Å²) in [7, 11) is 0. The van der Waals surface area contributed by atoms with E-state index in [0.717, 1.165) is 0 Å². The lowest BCUT2D eigenvalue weighted by Gasteiger charge is -2.08. The summed E-state index contributed by atoms with van der Waals surface area (Å²) < 4.78 is 4.98. The molecule has 27 heavy (non-hydrogen) atoms. The average molecular weight is 366 g/mol. The number of hydrogen-bond donors (Lipinski definition) is 2. The predicted octanol–water partition coefficient (Wildman–Crippen LogP) is 4.01. The van der Waals surface area contributed by atoms with Gasteiger partial charge in [-0.25, -0.2) is 0 Å². The largest absolute Gasteiger partial charge is 0.427 e. The van der Waals surface area contributed by atoms with Gasteiger partial charge in [0.25, 0.3) is 5.91 Å². The van der Waals surface area contributed by atoms with Crippen molar-refractivity contribution in [3.63, 3.8) is 0 Å². The maximum absolute atomic E-state index is 12.3. The van der Waals surface area contributed by atoms with Crippen molar-refractivity contribution < 1.29 is 19.1 Å². The SMILES string of the molecule is CC(=O)Oc1cccc(C(=O)Nc2ccc(NC(=O)/C=C/C(C)C)cc2)c1. The van der Waals surface area contributed by atoms with Gasteiger partial charge in [-0.2, -0.15) is 0 Å². The van der Waals surface area contributed by atoms with E-state index in [2.05, 4.69) is 10.6 Å². The molecule has 2 rings (SSSR count).